The largest absolute Gasteiger partial charge is 0.478 e. The van der Waals surface area contributed by atoms with Gasteiger partial charge in [0, 0.05) is 6.20 Å². The lowest BCUT2D eigenvalue weighted by atomic mass is 9.82. The van der Waals surface area contributed by atoms with Crippen LogP contribution in [0.1, 0.15) is 23.2 Å². The standard InChI is InChI=1S/C12H16BClN2O4/c1-13(19)16-6-3-8(4-7-16)20-11-10(14)9(12(17)18)2-5-15-11/h2,5,8,19H,3-4,6-7H2,1H3,(H,17,18). The van der Waals surface area contributed by atoms with E-state index in [-0.39, 0.29) is 22.6 Å². The molecule has 2 rings (SSSR count). The predicted octanol–water partition coefficient (Wildman–Crippen LogP) is 1.39. The van der Waals surface area contributed by atoms with Crippen molar-refractivity contribution in [2.45, 2.75) is 25.8 Å². The number of pyridine rings is 1. The van der Waals surface area contributed by atoms with Crippen LogP contribution in [0.4, 0.5) is 0 Å². The van der Waals surface area contributed by atoms with Crippen LogP contribution in [0, 0.1) is 0 Å². The summed E-state index contributed by atoms with van der Waals surface area (Å²) in [5.74, 6) is -0.951. The highest BCUT2D eigenvalue weighted by Crippen LogP contribution is 2.28. The Balaban J connectivity index is 2.01. The minimum atomic E-state index is -1.11. The van der Waals surface area contributed by atoms with Crippen molar-refractivity contribution in [1.29, 1.82) is 0 Å². The van der Waals surface area contributed by atoms with E-state index >= 15 is 0 Å². The summed E-state index contributed by atoms with van der Waals surface area (Å²) in [5, 5.41) is 18.5. The van der Waals surface area contributed by atoms with Crippen LogP contribution >= 0.6 is 11.6 Å². The van der Waals surface area contributed by atoms with Crippen molar-refractivity contribution in [2.24, 2.45) is 0 Å². The minimum Gasteiger partial charge on any atom is -0.478 e. The van der Waals surface area contributed by atoms with Gasteiger partial charge >= 0.3 is 13.0 Å². The molecule has 0 spiro atoms. The molecule has 0 unspecified atom stereocenters. The number of rotatable bonds is 4. The predicted molar refractivity (Wildman–Crippen MR) is 75.3 cm³/mol. The molecule has 8 heteroatoms. The Kier molecular flexibility index (Phi) is 4.85. The number of carbonyl (C=O) groups is 1. The number of carboxylic acid groups (broad SMARTS) is 1. The number of aromatic carboxylic acids is 1. The number of halogens is 1. The monoisotopic (exact) mass is 298 g/mol. The van der Waals surface area contributed by atoms with E-state index in [1.54, 1.807) is 6.82 Å². The van der Waals surface area contributed by atoms with Gasteiger partial charge in [-0.1, -0.05) is 11.6 Å². The maximum absolute atomic E-state index is 11.0. The molecule has 6 nitrogen and oxygen atoms in total. The molecule has 1 fully saturated rings. The van der Waals surface area contributed by atoms with Gasteiger partial charge in [0.1, 0.15) is 11.1 Å². The van der Waals surface area contributed by atoms with Gasteiger partial charge in [0.2, 0.25) is 5.88 Å². The highest BCUT2D eigenvalue weighted by atomic mass is 35.5. The molecule has 0 saturated carbocycles. The number of piperidine rings is 1. The van der Waals surface area contributed by atoms with E-state index in [1.165, 1.54) is 12.3 Å². The third-order valence-corrected chi connectivity index (χ3v) is 3.74. The SMILES string of the molecule is CB(O)N1CCC(Oc2nccc(C(=O)O)c2Cl)CC1. The number of hydrogen-bond acceptors (Lipinski definition) is 5. The highest BCUT2D eigenvalue weighted by molar-refractivity contribution is 6.45. The molecular formula is C12H16BClN2O4. The Morgan fingerprint density at radius 1 is 1.55 bits per heavy atom. The molecule has 0 aliphatic carbocycles. The Morgan fingerprint density at radius 3 is 2.75 bits per heavy atom. The summed E-state index contributed by atoms with van der Waals surface area (Å²) in [6.45, 7) is 3.17. The average molecular weight is 299 g/mol. The first kappa shape index (κ1) is 15.1. The number of nitrogens with zero attached hydrogens (tertiary/aromatic N) is 2. The summed E-state index contributed by atoms with van der Waals surface area (Å²) in [4.78, 5) is 16.9. The highest BCUT2D eigenvalue weighted by Gasteiger charge is 2.26. The number of aromatic nitrogens is 1. The summed E-state index contributed by atoms with van der Waals surface area (Å²) in [7, 11) is -0.465. The lowest BCUT2D eigenvalue weighted by molar-refractivity contribution is 0.0695. The van der Waals surface area contributed by atoms with Gasteiger partial charge in [-0.05, 0) is 38.8 Å². The fourth-order valence-corrected chi connectivity index (χ4v) is 2.43. The summed E-state index contributed by atoms with van der Waals surface area (Å²) in [6, 6.07) is 1.34. The van der Waals surface area contributed by atoms with Gasteiger partial charge in [0.05, 0.1) is 5.56 Å². The van der Waals surface area contributed by atoms with E-state index in [9.17, 15) is 9.82 Å². The Hall–Kier alpha value is -1.31. The van der Waals surface area contributed by atoms with Crippen LogP contribution in [-0.2, 0) is 0 Å². The number of carboxylic acids is 1. The zero-order valence-corrected chi connectivity index (χ0v) is 11.9. The number of ether oxygens (including phenoxy) is 1. The Morgan fingerprint density at radius 2 is 2.20 bits per heavy atom. The van der Waals surface area contributed by atoms with Crippen LogP contribution in [0.25, 0.3) is 0 Å². The molecule has 0 atom stereocenters. The van der Waals surface area contributed by atoms with Crippen molar-refractivity contribution in [3.8, 4) is 5.88 Å². The fraction of sp³-hybridized carbons (Fsp3) is 0.500. The molecule has 0 bridgehead atoms. The first-order chi connectivity index (χ1) is 9.49. The third-order valence-electron chi connectivity index (χ3n) is 3.37. The summed E-state index contributed by atoms with van der Waals surface area (Å²) >= 11 is 5.98. The van der Waals surface area contributed by atoms with Gasteiger partial charge in [-0.2, -0.15) is 0 Å². The Bertz CT molecular complexity index is 492. The van der Waals surface area contributed by atoms with Gasteiger partial charge in [0.25, 0.3) is 0 Å². The third kappa shape index (κ3) is 3.42. The van der Waals surface area contributed by atoms with E-state index in [4.69, 9.17) is 21.4 Å². The van der Waals surface area contributed by atoms with E-state index in [0.717, 1.165) is 25.9 Å². The van der Waals surface area contributed by atoms with Crippen molar-refractivity contribution in [3.63, 3.8) is 0 Å². The molecule has 0 amide bonds. The molecule has 2 N–H and O–H groups in total. The van der Waals surface area contributed by atoms with Crippen LogP contribution in [0.3, 0.4) is 0 Å². The van der Waals surface area contributed by atoms with Crippen LogP contribution in [0.2, 0.25) is 11.8 Å². The molecule has 1 aromatic heterocycles. The summed E-state index contributed by atoms with van der Waals surface area (Å²) < 4.78 is 5.69. The lowest BCUT2D eigenvalue weighted by Gasteiger charge is -2.32. The lowest BCUT2D eigenvalue weighted by Crippen LogP contribution is -2.45. The van der Waals surface area contributed by atoms with Crippen molar-refractivity contribution in [2.75, 3.05) is 13.1 Å². The van der Waals surface area contributed by atoms with Crippen molar-refractivity contribution < 1.29 is 19.7 Å². The first-order valence-electron chi connectivity index (χ1n) is 6.45. The van der Waals surface area contributed by atoms with Crippen LogP contribution in [-0.4, -0.2) is 52.1 Å². The van der Waals surface area contributed by atoms with E-state index < -0.39 is 13.0 Å². The molecule has 1 aromatic rings. The molecule has 108 valence electrons. The van der Waals surface area contributed by atoms with Crippen LogP contribution in [0.15, 0.2) is 12.3 Å². The topological polar surface area (TPSA) is 82.9 Å². The van der Waals surface area contributed by atoms with Gasteiger partial charge in [-0.3, -0.25) is 0 Å². The van der Waals surface area contributed by atoms with E-state index in [2.05, 4.69) is 4.98 Å². The van der Waals surface area contributed by atoms with Gasteiger partial charge in [-0.25, -0.2) is 9.78 Å². The van der Waals surface area contributed by atoms with Crippen LogP contribution in [0.5, 0.6) is 5.88 Å². The normalized spacial score (nSPS) is 16.9. The maximum atomic E-state index is 11.0. The van der Waals surface area contributed by atoms with Gasteiger partial charge < -0.3 is 19.7 Å². The van der Waals surface area contributed by atoms with Crippen molar-refractivity contribution >= 4 is 24.6 Å². The van der Waals surface area contributed by atoms with Crippen molar-refractivity contribution in [3.05, 3.63) is 22.8 Å². The van der Waals surface area contributed by atoms with Crippen LogP contribution < -0.4 is 4.74 Å². The second kappa shape index (κ2) is 6.43. The molecule has 1 aliphatic rings. The molecule has 2 heterocycles. The van der Waals surface area contributed by atoms with E-state index in [0.29, 0.717) is 0 Å². The molecule has 0 aromatic carbocycles. The molecular weight excluding hydrogens is 282 g/mol. The van der Waals surface area contributed by atoms with Crippen molar-refractivity contribution in [1.82, 2.24) is 9.79 Å². The van der Waals surface area contributed by atoms with Gasteiger partial charge in [0.15, 0.2) is 0 Å². The summed E-state index contributed by atoms with van der Waals surface area (Å²) in [5.41, 5.74) is -0.0157. The number of hydrogen-bond donors (Lipinski definition) is 2. The quantitative estimate of drug-likeness (QED) is 0.817. The zero-order chi connectivity index (χ0) is 14.7. The smallest absolute Gasteiger partial charge is 0.376 e. The average Bonchev–Trinajstić information content (AvgIpc) is 2.41. The minimum absolute atomic E-state index is 0.0157. The van der Waals surface area contributed by atoms with Gasteiger partial charge in [-0.15, -0.1) is 0 Å². The first-order valence-corrected chi connectivity index (χ1v) is 6.83. The Labute approximate surface area is 122 Å². The summed E-state index contributed by atoms with van der Waals surface area (Å²) in [6.07, 6.45) is 2.77. The van der Waals surface area contributed by atoms with E-state index in [1.807, 2.05) is 4.81 Å². The molecule has 20 heavy (non-hydrogen) atoms. The second-order valence-electron chi connectivity index (χ2n) is 4.77. The zero-order valence-electron chi connectivity index (χ0n) is 11.1. The second-order valence-corrected chi connectivity index (χ2v) is 5.15. The molecule has 1 saturated heterocycles. The molecule has 0 radical (unpaired) electrons. The maximum Gasteiger partial charge on any atom is 0.376 e. The fourth-order valence-electron chi connectivity index (χ4n) is 2.20. The molecule has 1 aliphatic heterocycles.